The first-order chi connectivity index (χ1) is 17.9. The van der Waals surface area contributed by atoms with Gasteiger partial charge in [0, 0.05) is 44.5 Å². The number of nitrogens with one attached hydrogen (secondary N) is 1. The second-order valence-corrected chi connectivity index (χ2v) is 8.69. The number of aromatic hydroxyl groups is 1. The zero-order valence-electron chi connectivity index (χ0n) is 19.7. The molecule has 0 atom stereocenters. The Morgan fingerprint density at radius 3 is 2.26 bits per heavy atom. The van der Waals surface area contributed by atoms with E-state index in [9.17, 15) is 36.2 Å². The lowest BCUT2D eigenvalue weighted by atomic mass is 10.00. The Balaban J connectivity index is 1.40. The van der Waals surface area contributed by atoms with E-state index in [1.54, 1.807) is 11.4 Å². The van der Waals surface area contributed by atoms with Crippen LogP contribution in [0, 0.1) is 0 Å². The molecule has 0 aliphatic carbocycles. The van der Waals surface area contributed by atoms with Crippen molar-refractivity contribution >= 4 is 11.7 Å². The molecule has 8 nitrogen and oxygen atoms in total. The number of anilines is 1. The standard InChI is InChI=1S/C24H22F6N6O2/c25-23(26,27)14-32-22(38)20-1-2-21(34-33-20)36-5-3-35(4-6-36)13-15-7-16(9-18(8-15)24(28,29)30)17-10-19(37)12-31-11-17/h1-2,7-12,37H,3-6,13-14H2,(H,32,38). The summed E-state index contributed by atoms with van der Waals surface area (Å²) in [6.07, 6.45) is -6.52. The molecule has 1 saturated heterocycles. The van der Waals surface area contributed by atoms with E-state index in [-0.39, 0.29) is 23.6 Å². The Hall–Kier alpha value is -3.94. The van der Waals surface area contributed by atoms with Gasteiger partial charge in [-0.2, -0.15) is 26.3 Å². The van der Waals surface area contributed by atoms with Gasteiger partial charge in [-0.15, -0.1) is 10.2 Å². The van der Waals surface area contributed by atoms with Gasteiger partial charge >= 0.3 is 12.4 Å². The molecule has 38 heavy (non-hydrogen) atoms. The summed E-state index contributed by atoms with van der Waals surface area (Å²) in [5, 5.41) is 19.0. The van der Waals surface area contributed by atoms with Crippen LogP contribution >= 0.6 is 0 Å². The van der Waals surface area contributed by atoms with Gasteiger partial charge in [-0.05, 0) is 47.5 Å². The number of carbonyl (C=O) groups is 1. The molecular formula is C24H22F6N6O2. The molecule has 2 N–H and O–H groups in total. The van der Waals surface area contributed by atoms with Gasteiger partial charge in [0.15, 0.2) is 11.5 Å². The highest BCUT2D eigenvalue weighted by Crippen LogP contribution is 2.34. The average molecular weight is 540 g/mol. The highest BCUT2D eigenvalue weighted by molar-refractivity contribution is 5.92. The third-order valence-corrected chi connectivity index (χ3v) is 5.81. The number of carbonyl (C=O) groups excluding carboxylic acids is 1. The van der Waals surface area contributed by atoms with Crippen molar-refractivity contribution < 1.29 is 36.2 Å². The van der Waals surface area contributed by atoms with Gasteiger partial charge in [0.1, 0.15) is 12.3 Å². The first-order valence-electron chi connectivity index (χ1n) is 11.4. The molecule has 4 rings (SSSR count). The number of amides is 1. The van der Waals surface area contributed by atoms with Crippen molar-refractivity contribution in [1.82, 2.24) is 25.4 Å². The third kappa shape index (κ3) is 7.09. The Morgan fingerprint density at radius 1 is 0.921 bits per heavy atom. The SMILES string of the molecule is O=C(NCC(F)(F)F)c1ccc(N2CCN(Cc3cc(-c4cncc(O)c4)cc(C(F)(F)F)c3)CC2)nn1. The molecule has 14 heteroatoms. The second kappa shape index (κ2) is 10.8. The predicted octanol–water partition coefficient (Wildman–Crippen LogP) is 3.88. The number of hydrogen-bond donors (Lipinski definition) is 2. The molecule has 0 radical (unpaired) electrons. The Morgan fingerprint density at radius 2 is 1.66 bits per heavy atom. The summed E-state index contributed by atoms with van der Waals surface area (Å²) in [5.41, 5.74) is 0.0314. The number of benzene rings is 1. The highest BCUT2D eigenvalue weighted by Gasteiger charge is 2.32. The largest absolute Gasteiger partial charge is 0.506 e. The van der Waals surface area contributed by atoms with Gasteiger partial charge in [-0.25, -0.2) is 0 Å². The third-order valence-electron chi connectivity index (χ3n) is 5.81. The monoisotopic (exact) mass is 540 g/mol. The maximum atomic E-state index is 13.6. The number of hydrogen-bond acceptors (Lipinski definition) is 7. The van der Waals surface area contributed by atoms with Crippen LogP contribution in [0.3, 0.4) is 0 Å². The van der Waals surface area contributed by atoms with Crippen LogP contribution in [0.5, 0.6) is 5.75 Å². The van der Waals surface area contributed by atoms with Gasteiger partial charge in [0.25, 0.3) is 5.91 Å². The molecule has 1 amide bonds. The van der Waals surface area contributed by atoms with Crippen LogP contribution in [0.25, 0.3) is 11.1 Å². The zero-order chi connectivity index (χ0) is 27.5. The van der Waals surface area contributed by atoms with Crippen LogP contribution in [0.1, 0.15) is 21.6 Å². The fourth-order valence-corrected chi connectivity index (χ4v) is 3.98. The molecule has 0 unspecified atom stereocenters. The number of aromatic nitrogens is 3. The molecule has 1 fully saturated rings. The minimum absolute atomic E-state index is 0.157. The number of piperazine rings is 1. The molecule has 2 aromatic heterocycles. The van der Waals surface area contributed by atoms with Crippen molar-refractivity contribution in [2.45, 2.75) is 18.9 Å². The van der Waals surface area contributed by atoms with Crippen molar-refractivity contribution in [3.05, 3.63) is 65.6 Å². The van der Waals surface area contributed by atoms with Gasteiger partial charge in [-0.1, -0.05) is 0 Å². The molecule has 202 valence electrons. The number of rotatable bonds is 6. The maximum Gasteiger partial charge on any atom is 0.416 e. The molecule has 3 aromatic rings. The van der Waals surface area contributed by atoms with Crippen LogP contribution < -0.4 is 10.2 Å². The van der Waals surface area contributed by atoms with Gasteiger partial charge in [-0.3, -0.25) is 14.7 Å². The van der Waals surface area contributed by atoms with Gasteiger partial charge in [0.2, 0.25) is 0 Å². The summed E-state index contributed by atoms with van der Waals surface area (Å²) in [4.78, 5) is 19.5. The summed E-state index contributed by atoms with van der Waals surface area (Å²) in [6, 6.07) is 7.85. The average Bonchev–Trinajstić information content (AvgIpc) is 2.87. The van der Waals surface area contributed by atoms with E-state index in [4.69, 9.17) is 0 Å². The molecule has 1 aromatic carbocycles. The molecular weight excluding hydrogens is 518 g/mol. The molecule has 3 heterocycles. The first kappa shape index (κ1) is 27.1. The van der Waals surface area contributed by atoms with Crippen molar-refractivity contribution in [2.75, 3.05) is 37.6 Å². The minimum Gasteiger partial charge on any atom is -0.506 e. The van der Waals surface area contributed by atoms with Gasteiger partial charge in [0.05, 0.1) is 11.8 Å². The summed E-state index contributed by atoms with van der Waals surface area (Å²) in [5.74, 6) is -0.724. The number of nitrogens with zero attached hydrogens (tertiary/aromatic N) is 5. The normalized spacial score (nSPS) is 14.9. The highest BCUT2D eigenvalue weighted by atomic mass is 19.4. The van der Waals surface area contributed by atoms with E-state index in [2.05, 4.69) is 15.2 Å². The van der Waals surface area contributed by atoms with Crippen LogP contribution in [0.4, 0.5) is 32.2 Å². The zero-order valence-corrected chi connectivity index (χ0v) is 19.7. The minimum atomic E-state index is -4.55. The molecule has 1 aliphatic rings. The van der Waals surface area contributed by atoms with Gasteiger partial charge < -0.3 is 15.3 Å². The van der Waals surface area contributed by atoms with E-state index < -0.39 is 30.4 Å². The van der Waals surface area contributed by atoms with Crippen LogP contribution in [-0.2, 0) is 12.7 Å². The van der Waals surface area contributed by atoms with E-state index in [1.807, 2.05) is 9.80 Å². The van der Waals surface area contributed by atoms with E-state index in [0.717, 1.165) is 12.1 Å². The van der Waals surface area contributed by atoms with Crippen molar-refractivity contribution in [1.29, 1.82) is 0 Å². The topological polar surface area (TPSA) is 94.5 Å². The van der Waals surface area contributed by atoms with Crippen molar-refractivity contribution in [2.24, 2.45) is 0 Å². The van der Waals surface area contributed by atoms with Crippen LogP contribution in [0.15, 0.2) is 48.8 Å². The van der Waals surface area contributed by atoms with Crippen LogP contribution in [-0.4, -0.2) is 70.0 Å². The summed E-state index contributed by atoms with van der Waals surface area (Å²) < 4.78 is 77.5. The van der Waals surface area contributed by atoms with E-state index >= 15 is 0 Å². The van der Waals surface area contributed by atoms with Crippen molar-refractivity contribution in [3.8, 4) is 16.9 Å². The number of halogens is 6. The maximum absolute atomic E-state index is 13.6. The summed E-state index contributed by atoms with van der Waals surface area (Å²) in [6.45, 7) is 0.701. The Kier molecular flexibility index (Phi) is 7.71. The molecule has 0 saturated carbocycles. The number of alkyl halides is 6. The first-order valence-corrected chi connectivity index (χ1v) is 11.4. The van der Waals surface area contributed by atoms with E-state index in [0.29, 0.717) is 43.1 Å². The number of pyridine rings is 1. The predicted molar refractivity (Wildman–Crippen MR) is 124 cm³/mol. The fraction of sp³-hybridized carbons (Fsp3) is 0.333. The van der Waals surface area contributed by atoms with E-state index in [1.165, 1.54) is 30.6 Å². The smallest absolute Gasteiger partial charge is 0.416 e. The lowest BCUT2D eigenvalue weighted by Gasteiger charge is -2.35. The molecule has 0 bridgehead atoms. The summed E-state index contributed by atoms with van der Waals surface area (Å²) >= 11 is 0. The van der Waals surface area contributed by atoms with Crippen LogP contribution in [0.2, 0.25) is 0 Å². The summed E-state index contributed by atoms with van der Waals surface area (Å²) in [7, 11) is 0. The van der Waals surface area contributed by atoms with Crippen molar-refractivity contribution in [3.63, 3.8) is 0 Å². The molecule has 1 aliphatic heterocycles. The fourth-order valence-electron chi connectivity index (χ4n) is 3.98. The Labute approximate surface area is 212 Å². The molecule has 0 spiro atoms. The lowest BCUT2D eigenvalue weighted by molar-refractivity contribution is -0.137. The second-order valence-electron chi connectivity index (χ2n) is 8.69. The quantitative estimate of drug-likeness (QED) is 0.459. The lowest BCUT2D eigenvalue weighted by Crippen LogP contribution is -2.46. The Bertz CT molecular complexity index is 1270.